The Kier molecular flexibility index (Phi) is 3.38. The SMILES string of the molecule is C/C=C/C(C)c1ccc(Cl)cc1O. The topological polar surface area (TPSA) is 20.2 Å². The fourth-order valence-electron chi connectivity index (χ4n) is 1.29. The minimum Gasteiger partial charge on any atom is -0.508 e. The highest BCUT2D eigenvalue weighted by Gasteiger charge is 2.06. The van der Waals surface area contributed by atoms with Crippen molar-refractivity contribution in [3.8, 4) is 5.75 Å². The molecule has 0 heterocycles. The molecule has 1 atom stereocenters. The van der Waals surface area contributed by atoms with E-state index in [1.807, 2.05) is 32.1 Å². The number of hydrogen-bond acceptors (Lipinski definition) is 1. The lowest BCUT2D eigenvalue weighted by Gasteiger charge is -2.08. The maximum Gasteiger partial charge on any atom is 0.120 e. The lowest BCUT2D eigenvalue weighted by molar-refractivity contribution is 0.467. The molecule has 0 bridgehead atoms. The molecule has 2 heteroatoms. The van der Waals surface area contributed by atoms with Gasteiger partial charge in [0, 0.05) is 16.5 Å². The highest BCUT2D eigenvalue weighted by atomic mass is 35.5. The van der Waals surface area contributed by atoms with Gasteiger partial charge in [-0.1, -0.05) is 36.7 Å². The minimum atomic E-state index is 0.224. The van der Waals surface area contributed by atoms with Crippen LogP contribution in [0, 0.1) is 0 Å². The average molecular weight is 197 g/mol. The van der Waals surface area contributed by atoms with E-state index in [1.54, 1.807) is 12.1 Å². The fraction of sp³-hybridized carbons (Fsp3) is 0.273. The lowest BCUT2D eigenvalue weighted by atomic mass is 10.00. The van der Waals surface area contributed by atoms with Crippen molar-refractivity contribution in [1.29, 1.82) is 0 Å². The molecular formula is C11H13ClO. The van der Waals surface area contributed by atoms with Crippen molar-refractivity contribution in [2.24, 2.45) is 0 Å². The van der Waals surface area contributed by atoms with E-state index in [0.717, 1.165) is 5.56 Å². The molecular weight excluding hydrogens is 184 g/mol. The molecule has 0 amide bonds. The van der Waals surface area contributed by atoms with Crippen molar-refractivity contribution in [3.05, 3.63) is 40.9 Å². The standard InChI is InChI=1S/C11H13ClO/c1-3-4-8(2)10-6-5-9(12)7-11(10)13/h3-8,13H,1-2H3/b4-3+. The Hall–Kier alpha value is -0.950. The molecule has 0 aliphatic heterocycles. The van der Waals surface area contributed by atoms with Gasteiger partial charge in [-0.15, -0.1) is 0 Å². The summed E-state index contributed by atoms with van der Waals surface area (Å²) >= 11 is 5.72. The van der Waals surface area contributed by atoms with Gasteiger partial charge in [-0.3, -0.25) is 0 Å². The van der Waals surface area contributed by atoms with E-state index in [2.05, 4.69) is 0 Å². The molecule has 1 rings (SSSR count). The third-order valence-corrected chi connectivity index (χ3v) is 2.20. The van der Waals surface area contributed by atoms with E-state index < -0.39 is 0 Å². The van der Waals surface area contributed by atoms with Gasteiger partial charge in [0.05, 0.1) is 0 Å². The number of aromatic hydroxyl groups is 1. The van der Waals surface area contributed by atoms with Crippen molar-refractivity contribution >= 4 is 11.6 Å². The molecule has 70 valence electrons. The second kappa shape index (κ2) is 4.33. The van der Waals surface area contributed by atoms with E-state index in [1.165, 1.54) is 0 Å². The number of hydrogen-bond donors (Lipinski definition) is 1. The second-order valence-electron chi connectivity index (χ2n) is 3.02. The van der Waals surface area contributed by atoms with Crippen molar-refractivity contribution in [2.75, 3.05) is 0 Å². The number of allylic oxidation sites excluding steroid dienone is 2. The molecule has 1 N–H and O–H groups in total. The quantitative estimate of drug-likeness (QED) is 0.715. The van der Waals surface area contributed by atoms with Crippen LogP contribution in [-0.4, -0.2) is 5.11 Å². The first kappa shape index (κ1) is 10.1. The van der Waals surface area contributed by atoms with Crippen LogP contribution >= 0.6 is 11.6 Å². The summed E-state index contributed by atoms with van der Waals surface area (Å²) in [6, 6.07) is 5.20. The Labute approximate surface area is 83.7 Å². The molecule has 0 radical (unpaired) electrons. The zero-order chi connectivity index (χ0) is 9.84. The first-order valence-electron chi connectivity index (χ1n) is 4.26. The number of rotatable bonds is 2. The normalized spacial score (nSPS) is 13.5. The highest BCUT2D eigenvalue weighted by molar-refractivity contribution is 6.30. The number of benzene rings is 1. The molecule has 0 spiro atoms. The Bertz CT molecular complexity index is 318. The summed E-state index contributed by atoms with van der Waals surface area (Å²) in [4.78, 5) is 0. The molecule has 1 aromatic carbocycles. The van der Waals surface area contributed by atoms with E-state index in [-0.39, 0.29) is 11.7 Å². The molecule has 1 aromatic rings. The summed E-state index contributed by atoms with van der Waals surface area (Å²) in [5, 5.41) is 10.1. The highest BCUT2D eigenvalue weighted by Crippen LogP contribution is 2.28. The van der Waals surface area contributed by atoms with Gasteiger partial charge in [0.2, 0.25) is 0 Å². The third-order valence-electron chi connectivity index (χ3n) is 1.96. The van der Waals surface area contributed by atoms with Crippen LogP contribution in [0.5, 0.6) is 5.75 Å². The van der Waals surface area contributed by atoms with E-state index in [4.69, 9.17) is 11.6 Å². The number of phenolic OH excluding ortho intramolecular Hbond substituents is 1. The van der Waals surface area contributed by atoms with Crippen LogP contribution in [0.15, 0.2) is 30.4 Å². The van der Waals surface area contributed by atoms with Crippen molar-refractivity contribution in [3.63, 3.8) is 0 Å². The van der Waals surface area contributed by atoms with Gasteiger partial charge in [0.1, 0.15) is 5.75 Å². The molecule has 1 unspecified atom stereocenters. The maximum atomic E-state index is 9.57. The van der Waals surface area contributed by atoms with Gasteiger partial charge in [0.15, 0.2) is 0 Å². The molecule has 1 nitrogen and oxygen atoms in total. The van der Waals surface area contributed by atoms with Crippen LogP contribution in [0.1, 0.15) is 25.3 Å². The van der Waals surface area contributed by atoms with Crippen LogP contribution in [0.2, 0.25) is 5.02 Å². The summed E-state index contributed by atoms with van der Waals surface area (Å²) in [6.07, 6.45) is 4.00. The zero-order valence-electron chi connectivity index (χ0n) is 7.79. The molecule has 0 saturated heterocycles. The predicted molar refractivity (Wildman–Crippen MR) is 56.3 cm³/mol. The molecule has 0 aliphatic rings. The largest absolute Gasteiger partial charge is 0.508 e. The van der Waals surface area contributed by atoms with Crippen LogP contribution in [-0.2, 0) is 0 Å². The van der Waals surface area contributed by atoms with Crippen molar-refractivity contribution in [2.45, 2.75) is 19.8 Å². The Morgan fingerprint density at radius 3 is 2.69 bits per heavy atom. The van der Waals surface area contributed by atoms with Crippen LogP contribution in [0.25, 0.3) is 0 Å². The van der Waals surface area contributed by atoms with E-state index >= 15 is 0 Å². The van der Waals surface area contributed by atoms with Gasteiger partial charge in [-0.2, -0.15) is 0 Å². The average Bonchev–Trinajstić information content (AvgIpc) is 2.04. The Balaban J connectivity index is 3.01. The zero-order valence-corrected chi connectivity index (χ0v) is 8.55. The summed E-state index contributed by atoms with van der Waals surface area (Å²) in [6.45, 7) is 3.99. The monoisotopic (exact) mass is 196 g/mol. The van der Waals surface area contributed by atoms with Gasteiger partial charge < -0.3 is 5.11 Å². The summed E-state index contributed by atoms with van der Waals surface area (Å²) in [5.74, 6) is 0.486. The Morgan fingerprint density at radius 2 is 2.15 bits per heavy atom. The molecule has 13 heavy (non-hydrogen) atoms. The molecule has 0 saturated carbocycles. The second-order valence-corrected chi connectivity index (χ2v) is 3.45. The minimum absolute atomic E-state index is 0.224. The summed E-state index contributed by atoms with van der Waals surface area (Å²) < 4.78 is 0. The van der Waals surface area contributed by atoms with Crippen LogP contribution in [0.4, 0.5) is 0 Å². The molecule has 0 aromatic heterocycles. The third kappa shape index (κ3) is 2.49. The Morgan fingerprint density at radius 1 is 1.46 bits per heavy atom. The molecule has 0 aliphatic carbocycles. The molecule has 0 fully saturated rings. The predicted octanol–water partition coefficient (Wildman–Crippen LogP) is 3.73. The maximum absolute atomic E-state index is 9.57. The van der Waals surface area contributed by atoms with Crippen LogP contribution < -0.4 is 0 Å². The van der Waals surface area contributed by atoms with Gasteiger partial charge in [-0.25, -0.2) is 0 Å². The van der Waals surface area contributed by atoms with Crippen molar-refractivity contribution < 1.29 is 5.11 Å². The fourth-order valence-corrected chi connectivity index (χ4v) is 1.46. The van der Waals surface area contributed by atoms with E-state index in [0.29, 0.717) is 5.02 Å². The van der Waals surface area contributed by atoms with Crippen molar-refractivity contribution in [1.82, 2.24) is 0 Å². The number of halogens is 1. The van der Waals surface area contributed by atoms with Gasteiger partial charge >= 0.3 is 0 Å². The van der Waals surface area contributed by atoms with E-state index in [9.17, 15) is 5.11 Å². The first-order valence-corrected chi connectivity index (χ1v) is 4.64. The first-order chi connectivity index (χ1) is 6.15. The van der Waals surface area contributed by atoms with Gasteiger partial charge in [-0.05, 0) is 19.1 Å². The smallest absolute Gasteiger partial charge is 0.120 e. The summed E-state index contributed by atoms with van der Waals surface area (Å²) in [7, 11) is 0. The lowest BCUT2D eigenvalue weighted by Crippen LogP contribution is -1.89. The van der Waals surface area contributed by atoms with Crippen LogP contribution in [0.3, 0.4) is 0 Å². The summed E-state index contributed by atoms with van der Waals surface area (Å²) in [5.41, 5.74) is 0.905. The van der Waals surface area contributed by atoms with Gasteiger partial charge in [0.25, 0.3) is 0 Å². The number of phenols is 1.